The Hall–Kier alpha value is -0.900. The van der Waals surface area contributed by atoms with Crippen LogP contribution in [-0.4, -0.2) is 21.3 Å². The van der Waals surface area contributed by atoms with Gasteiger partial charge in [-0.1, -0.05) is 32.1 Å². The van der Waals surface area contributed by atoms with Crippen molar-refractivity contribution in [3.05, 3.63) is 11.6 Å². The Morgan fingerprint density at radius 2 is 1.74 bits per heavy atom. The topological polar surface area (TPSA) is 56.7 Å². The third-order valence-corrected chi connectivity index (χ3v) is 4.89. The van der Waals surface area contributed by atoms with Crippen molar-refractivity contribution in [2.75, 3.05) is 6.54 Å². The van der Waals surface area contributed by atoms with Crippen LogP contribution in [0.5, 0.6) is 0 Å². The van der Waals surface area contributed by atoms with E-state index in [0.717, 1.165) is 19.5 Å². The molecule has 4 nitrogen and oxygen atoms in total. The quantitative estimate of drug-likeness (QED) is 0.891. The van der Waals surface area contributed by atoms with E-state index in [2.05, 4.69) is 14.8 Å². The third-order valence-electron chi connectivity index (χ3n) is 4.89. The summed E-state index contributed by atoms with van der Waals surface area (Å²) in [6, 6.07) is 0. The van der Waals surface area contributed by atoms with E-state index in [1.54, 1.807) is 0 Å². The molecule has 19 heavy (non-hydrogen) atoms. The first kappa shape index (κ1) is 13.1. The normalized spacial score (nSPS) is 25.6. The van der Waals surface area contributed by atoms with Gasteiger partial charge in [0, 0.05) is 18.9 Å². The van der Waals surface area contributed by atoms with Gasteiger partial charge in [-0.15, -0.1) is 10.2 Å². The summed E-state index contributed by atoms with van der Waals surface area (Å²) >= 11 is 0. The Kier molecular flexibility index (Phi) is 4.16. The van der Waals surface area contributed by atoms with E-state index in [1.165, 1.54) is 63.0 Å². The molecule has 0 radical (unpaired) electrons. The van der Waals surface area contributed by atoms with Gasteiger partial charge in [0.25, 0.3) is 0 Å². The molecule has 0 saturated heterocycles. The molecule has 2 aliphatic rings. The maximum atomic E-state index is 5.79. The zero-order chi connectivity index (χ0) is 13.1. The van der Waals surface area contributed by atoms with Crippen molar-refractivity contribution in [2.24, 2.45) is 11.7 Å². The fourth-order valence-corrected chi connectivity index (χ4v) is 3.63. The summed E-state index contributed by atoms with van der Waals surface area (Å²) in [5, 5.41) is 8.98. The van der Waals surface area contributed by atoms with E-state index in [0.29, 0.717) is 11.8 Å². The second-order valence-electron chi connectivity index (χ2n) is 6.26. The predicted molar refractivity (Wildman–Crippen MR) is 75.9 cm³/mol. The molecule has 106 valence electrons. The average molecular weight is 262 g/mol. The zero-order valence-corrected chi connectivity index (χ0v) is 11.9. The predicted octanol–water partition coefficient (Wildman–Crippen LogP) is 2.63. The van der Waals surface area contributed by atoms with Crippen LogP contribution in [0.25, 0.3) is 0 Å². The van der Waals surface area contributed by atoms with Crippen LogP contribution in [0.4, 0.5) is 0 Å². The van der Waals surface area contributed by atoms with Crippen LogP contribution in [0, 0.1) is 5.92 Å². The SMILES string of the molecule is NCC1CCn2c(nnc2C2CCCCCCC2)C1. The van der Waals surface area contributed by atoms with E-state index >= 15 is 0 Å². The number of nitrogens with zero attached hydrogens (tertiary/aromatic N) is 3. The highest BCUT2D eigenvalue weighted by molar-refractivity contribution is 5.05. The number of hydrogen-bond donors (Lipinski definition) is 1. The van der Waals surface area contributed by atoms with E-state index in [9.17, 15) is 0 Å². The van der Waals surface area contributed by atoms with Crippen LogP contribution < -0.4 is 5.73 Å². The minimum atomic E-state index is 0.613. The Bertz CT molecular complexity index is 404. The van der Waals surface area contributed by atoms with Gasteiger partial charge < -0.3 is 10.3 Å². The molecule has 1 aromatic heterocycles. The number of fused-ring (bicyclic) bond motifs is 1. The first-order chi connectivity index (χ1) is 9.38. The molecule has 3 rings (SSSR count). The summed E-state index contributed by atoms with van der Waals surface area (Å²) in [5.74, 6) is 3.71. The van der Waals surface area contributed by atoms with Crippen LogP contribution in [0.1, 0.15) is 68.9 Å². The monoisotopic (exact) mass is 262 g/mol. The molecule has 1 aromatic rings. The van der Waals surface area contributed by atoms with Crippen LogP contribution >= 0.6 is 0 Å². The summed E-state index contributed by atoms with van der Waals surface area (Å²) in [4.78, 5) is 0. The molecule has 0 bridgehead atoms. The number of nitrogens with two attached hydrogens (primary N) is 1. The lowest BCUT2D eigenvalue weighted by atomic mass is 9.90. The summed E-state index contributed by atoms with van der Waals surface area (Å²) in [6.45, 7) is 1.86. The minimum Gasteiger partial charge on any atom is -0.330 e. The molecule has 0 aromatic carbocycles. The molecule has 1 atom stereocenters. The Morgan fingerprint density at radius 1 is 1.00 bits per heavy atom. The van der Waals surface area contributed by atoms with E-state index in [1.807, 2.05) is 0 Å². The Balaban J connectivity index is 1.76. The summed E-state index contributed by atoms with van der Waals surface area (Å²) in [7, 11) is 0. The van der Waals surface area contributed by atoms with E-state index in [-0.39, 0.29) is 0 Å². The molecule has 2 heterocycles. The highest BCUT2D eigenvalue weighted by Crippen LogP contribution is 2.32. The summed E-state index contributed by atoms with van der Waals surface area (Å²) in [6.07, 6.45) is 11.8. The third kappa shape index (κ3) is 2.83. The number of hydrogen-bond acceptors (Lipinski definition) is 3. The maximum absolute atomic E-state index is 5.79. The van der Waals surface area contributed by atoms with Crippen LogP contribution in [0.2, 0.25) is 0 Å². The second-order valence-corrected chi connectivity index (χ2v) is 6.26. The van der Waals surface area contributed by atoms with Gasteiger partial charge in [0.15, 0.2) is 0 Å². The highest BCUT2D eigenvalue weighted by Gasteiger charge is 2.26. The van der Waals surface area contributed by atoms with Crippen molar-refractivity contribution < 1.29 is 0 Å². The van der Waals surface area contributed by atoms with Crippen molar-refractivity contribution in [2.45, 2.75) is 70.3 Å². The van der Waals surface area contributed by atoms with Gasteiger partial charge in [-0.2, -0.15) is 0 Å². The molecular formula is C15H26N4. The molecule has 1 aliphatic heterocycles. The minimum absolute atomic E-state index is 0.613. The van der Waals surface area contributed by atoms with Crippen molar-refractivity contribution in [1.29, 1.82) is 0 Å². The molecule has 1 unspecified atom stereocenters. The average Bonchev–Trinajstić information content (AvgIpc) is 2.81. The van der Waals surface area contributed by atoms with Gasteiger partial charge in [0.05, 0.1) is 0 Å². The number of rotatable bonds is 2. The van der Waals surface area contributed by atoms with E-state index in [4.69, 9.17) is 5.73 Å². The Morgan fingerprint density at radius 3 is 2.47 bits per heavy atom. The molecule has 1 fully saturated rings. The van der Waals surface area contributed by atoms with Crippen molar-refractivity contribution in [1.82, 2.24) is 14.8 Å². The lowest BCUT2D eigenvalue weighted by Crippen LogP contribution is -2.26. The molecule has 0 amide bonds. The highest BCUT2D eigenvalue weighted by atomic mass is 15.3. The lowest BCUT2D eigenvalue weighted by molar-refractivity contribution is 0.367. The maximum Gasteiger partial charge on any atom is 0.136 e. The van der Waals surface area contributed by atoms with Gasteiger partial charge in [0.1, 0.15) is 11.6 Å². The Labute approximate surface area is 115 Å². The van der Waals surface area contributed by atoms with Gasteiger partial charge >= 0.3 is 0 Å². The fourth-order valence-electron chi connectivity index (χ4n) is 3.63. The smallest absolute Gasteiger partial charge is 0.136 e. The molecule has 0 spiro atoms. The zero-order valence-electron chi connectivity index (χ0n) is 11.9. The molecule has 1 saturated carbocycles. The first-order valence-electron chi connectivity index (χ1n) is 8.00. The van der Waals surface area contributed by atoms with Gasteiger partial charge in [0.2, 0.25) is 0 Å². The second kappa shape index (κ2) is 6.04. The van der Waals surface area contributed by atoms with Gasteiger partial charge in [-0.25, -0.2) is 0 Å². The molecular weight excluding hydrogens is 236 g/mol. The van der Waals surface area contributed by atoms with E-state index < -0.39 is 0 Å². The largest absolute Gasteiger partial charge is 0.330 e. The van der Waals surface area contributed by atoms with Crippen molar-refractivity contribution in [3.8, 4) is 0 Å². The van der Waals surface area contributed by atoms with Crippen LogP contribution in [-0.2, 0) is 13.0 Å². The number of aromatic nitrogens is 3. The fraction of sp³-hybridized carbons (Fsp3) is 0.867. The van der Waals surface area contributed by atoms with Crippen LogP contribution in [0.15, 0.2) is 0 Å². The molecule has 1 aliphatic carbocycles. The molecule has 2 N–H and O–H groups in total. The van der Waals surface area contributed by atoms with Crippen molar-refractivity contribution in [3.63, 3.8) is 0 Å². The summed E-state index contributed by atoms with van der Waals surface area (Å²) < 4.78 is 2.40. The standard InChI is InChI=1S/C15H26N4/c16-11-12-8-9-19-14(10-12)17-18-15(19)13-6-4-2-1-3-5-7-13/h12-13H,1-11,16H2. The summed E-state index contributed by atoms with van der Waals surface area (Å²) in [5.41, 5.74) is 5.79. The van der Waals surface area contributed by atoms with Crippen LogP contribution in [0.3, 0.4) is 0 Å². The van der Waals surface area contributed by atoms with Crippen molar-refractivity contribution >= 4 is 0 Å². The lowest BCUT2D eigenvalue weighted by Gasteiger charge is -2.25. The van der Waals surface area contributed by atoms with Gasteiger partial charge in [-0.05, 0) is 31.7 Å². The molecule has 4 heteroatoms. The van der Waals surface area contributed by atoms with Gasteiger partial charge in [-0.3, -0.25) is 0 Å². The first-order valence-corrected chi connectivity index (χ1v) is 8.00.